The Bertz CT molecular complexity index is 708. The van der Waals surface area contributed by atoms with E-state index >= 15 is 0 Å². The van der Waals surface area contributed by atoms with Crippen LogP contribution in [-0.2, 0) is 6.54 Å². The minimum absolute atomic E-state index is 0.211. The minimum atomic E-state index is -0.316. The number of carbonyl (C=O) groups is 2. The number of hydrogen-bond donors (Lipinski definition) is 2. The van der Waals surface area contributed by atoms with Gasteiger partial charge in [-0.2, -0.15) is 0 Å². The third kappa shape index (κ3) is 4.78. The summed E-state index contributed by atoms with van der Waals surface area (Å²) < 4.78 is 0. The van der Waals surface area contributed by atoms with Crippen molar-refractivity contribution in [3.05, 3.63) is 77.6 Å². The van der Waals surface area contributed by atoms with Crippen molar-refractivity contribution in [2.24, 2.45) is 0 Å². The predicted molar refractivity (Wildman–Crippen MR) is 89.1 cm³/mol. The van der Waals surface area contributed by atoms with Gasteiger partial charge in [0, 0.05) is 24.8 Å². The monoisotopic (exact) mass is 309 g/mol. The summed E-state index contributed by atoms with van der Waals surface area (Å²) >= 11 is 0. The smallest absolute Gasteiger partial charge is 0.270 e. The average Bonchev–Trinajstić information content (AvgIpc) is 2.59. The van der Waals surface area contributed by atoms with Crippen LogP contribution in [0.4, 0.5) is 0 Å². The molecule has 2 N–H and O–H groups in total. The maximum Gasteiger partial charge on any atom is 0.270 e. The normalized spacial score (nSPS) is 9.96. The lowest BCUT2D eigenvalue weighted by molar-refractivity contribution is 0.0946. The molecule has 5 heteroatoms. The van der Waals surface area contributed by atoms with E-state index in [1.165, 1.54) is 17.8 Å². The second-order valence-corrected chi connectivity index (χ2v) is 5.10. The van der Waals surface area contributed by atoms with Crippen molar-refractivity contribution in [3.63, 3.8) is 0 Å². The number of rotatable bonds is 6. The molecule has 0 aliphatic heterocycles. The fraction of sp³-hybridized carbons (Fsp3) is 0.167. The van der Waals surface area contributed by atoms with Crippen LogP contribution in [0.3, 0.4) is 0 Å². The van der Waals surface area contributed by atoms with Gasteiger partial charge in [-0.15, -0.1) is 6.58 Å². The Morgan fingerprint density at radius 2 is 1.87 bits per heavy atom. The number of nitrogens with one attached hydrogen (secondary N) is 2. The van der Waals surface area contributed by atoms with Gasteiger partial charge in [-0.1, -0.05) is 35.9 Å². The lowest BCUT2D eigenvalue weighted by Gasteiger charge is -2.07. The highest BCUT2D eigenvalue weighted by atomic mass is 16.2. The van der Waals surface area contributed by atoms with E-state index in [9.17, 15) is 9.59 Å². The number of carbonyl (C=O) groups excluding carboxylic acids is 2. The maximum atomic E-state index is 12.2. The van der Waals surface area contributed by atoms with Crippen LogP contribution in [0.15, 0.2) is 55.3 Å². The molecule has 0 aliphatic carbocycles. The Labute approximate surface area is 135 Å². The Morgan fingerprint density at radius 1 is 1.13 bits per heavy atom. The van der Waals surface area contributed by atoms with Crippen LogP contribution in [0.5, 0.6) is 0 Å². The summed E-state index contributed by atoms with van der Waals surface area (Å²) in [5, 5.41) is 5.46. The van der Waals surface area contributed by atoms with Gasteiger partial charge in [0.1, 0.15) is 5.69 Å². The maximum absolute atomic E-state index is 12.2. The molecule has 1 aromatic carbocycles. The molecule has 0 atom stereocenters. The van der Waals surface area contributed by atoms with Crippen molar-refractivity contribution in [2.75, 3.05) is 6.54 Å². The number of amides is 2. The summed E-state index contributed by atoms with van der Waals surface area (Å²) in [4.78, 5) is 28.0. The third-order valence-corrected chi connectivity index (χ3v) is 3.24. The summed E-state index contributed by atoms with van der Waals surface area (Å²) in [5.41, 5.74) is 2.77. The van der Waals surface area contributed by atoms with Crippen LogP contribution in [0.25, 0.3) is 0 Å². The quantitative estimate of drug-likeness (QED) is 0.804. The molecule has 0 saturated heterocycles. The van der Waals surface area contributed by atoms with Gasteiger partial charge in [-0.25, -0.2) is 0 Å². The topological polar surface area (TPSA) is 71.1 Å². The van der Waals surface area contributed by atoms with E-state index in [1.807, 2.05) is 31.2 Å². The van der Waals surface area contributed by atoms with E-state index in [2.05, 4.69) is 22.2 Å². The molecule has 1 heterocycles. The Kier molecular flexibility index (Phi) is 5.63. The van der Waals surface area contributed by atoms with Gasteiger partial charge in [-0.05, 0) is 24.6 Å². The number of aryl methyl sites for hydroxylation is 1. The van der Waals surface area contributed by atoms with E-state index < -0.39 is 0 Å². The molecule has 118 valence electrons. The molecule has 0 saturated carbocycles. The lowest BCUT2D eigenvalue weighted by Crippen LogP contribution is -2.26. The van der Waals surface area contributed by atoms with Crippen LogP contribution < -0.4 is 10.6 Å². The summed E-state index contributed by atoms with van der Waals surface area (Å²) in [5.74, 6) is -0.580. The number of hydrogen-bond acceptors (Lipinski definition) is 3. The molecule has 0 fully saturated rings. The van der Waals surface area contributed by atoms with Crippen molar-refractivity contribution in [1.29, 1.82) is 0 Å². The predicted octanol–water partition coefficient (Wildman–Crippen LogP) is 2.24. The molecular weight excluding hydrogens is 290 g/mol. The molecule has 0 radical (unpaired) electrons. The van der Waals surface area contributed by atoms with E-state index in [-0.39, 0.29) is 17.5 Å². The second kappa shape index (κ2) is 7.89. The summed E-state index contributed by atoms with van der Waals surface area (Å²) in [6.07, 6.45) is 3.04. The van der Waals surface area contributed by atoms with Crippen molar-refractivity contribution >= 4 is 11.8 Å². The number of benzene rings is 1. The van der Waals surface area contributed by atoms with Crippen molar-refractivity contribution in [1.82, 2.24) is 15.6 Å². The number of nitrogens with zero attached hydrogens (tertiary/aromatic N) is 1. The van der Waals surface area contributed by atoms with E-state index in [0.717, 1.165) is 5.56 Å². The molecule has 0 aliphatic rings. The fourth-order valence-electron chi connectivity index (χ4n) is 1.94. The molecule has 2 aromatic rings. The Hall–Kier alpha value is -2.95. The van der Waals surface area contributed by atoms with Gasteiger partial charge in [-0.3, -0.25) is 14.6 Å². The first-order valence-corrected chi connectivity index (χ1v) is 7.29. The first kappa shape index (κ1) is 16.4. The molecule has 23 heavy (non-hydrogen) atoms. The highest BCUT2D eigenvalue weighted by Crippen LogP contribution is 2.05. The van der Waals surface area contributed by atoms with Crippen molar-refractivity contribution in [3.8, 4) is 0 Å². The zero-order valence-electron chi connectivity index (χ0n) is 13.0. The van der Waals surface area contributed by atoms with Gasteiger partial charge in [0.05, 0.1) is 0 Å². The van der Waals surface area contributed by atoms with Gasteiger partial charge in [0.15, 0.2) is 0 Å². The second-order valence-electron chi connectivity index (χ2n) is 5.10. The average molecular weight is 309 g/mol. The molecule has 0 spiro atoms. The van der Waals surface area contributed by atoms with Gasteiger partial charge >= 0.3 is 0 Å². The zero-order chi connectivity index (χ0) is 16.7. The SMILES string of the molecule is C=CCNC(=O)c1ccnc(C(=O)NCc2ccc(C)cc2)c1. The van der Waals surface area contributed by atoms with Gasteiger partial charge in [0.25, 0.3) is 11.8 Å². The lowest BCUT2D eigenvalue weighted by atomic mass is 10.1. The van der Waals surface area contributed by atoms with Crippen molar-refractivity contribution in [2.45, 2.75) is 13.5 Å². The standard InChI is InChI=1S/C18H19N3O2/c1-3-9-20-17(22)15-8-10-19-16(11-15)18(23)21-12-14-6-4-13(2)5-7-14/h3-8,10-11H,1,9,12H2,2H3,(H,20,22)(H,21,23). The summed E-state index contributed by atoms with van der Waals surface area (Å²) in [6, 6.07) is 10.9. The molecule has 0 unspecified atom stereocenters. The first-order chi connectivity index (χ1) is 11.1. The minimum Gasteiger partial charge on any atom is -0.349 e. The van der Waals surface area contributed by atoms with E-state index in [0.29, 0.717) is 18.7 Å². The van der Waals surface area contributed by atoms with Crippen LogP contribution in [-0.4, -0.2) is 23.3 Å². The molecular formula is C18H19N3O2. The van der Waals surface area contributed by atoms with Crippen molar-refractivity contribution < 1.29 is 9.59 Å². The van der Waals surface area contributed by atoms with Crippen LogP contribution in [0.2, 0.25) is 0 Å². The Morgan fingerprint density at radius 3 is 2.57 bits per heavy atom. The largest absolute Gasteiger partial charge is 0.349 e. The number of aromatic nitrogens is 1. The van der Waals surface area contributed by atoms with E-state index in [1.54, 1.807) is 12.1 Å². The molecule has 5 nitrogen and oxygen atoms in total. The van der Waals surface area contributed by atoms with Crippen LogP contribution >= 0.6 is 0 Å². The summed E-state index contributed by atoms with van der Waals surface area (Å²) in [6.45, 7) is 6.33. The summed E-state index contributed by atoms with van der Waals surface area (Å²) in [7, 11) is 0. The first-order valence-electron chi connectivity index (χ1n) is 7.29. The van der Waals surface area contributed by atoms with E-state index in [4.69, 9.17) is 0 Å². The molecule has 0 bridgehead atoms. The third-order valence-electron chi connectivity index (χ3n) is 3.24. The Balaban J connectivity index is 2.00. The highest BCUT2D eigenvalue weighted by Gasteiger charge is 2.11. The van der Waals surface area contributed by atoms with Gasteiger partial charge < -0.3 is 10.6 Å². The zero-order valence-corrected chi connectivity index (χ0v) is 13.0. The van der Waals surface area contributed by atoms with Crippen LogP contribution in [0, 0.1) is 6.92 Å². The highest BCUT2D eigenvalue weighted by molar-refractivity contribution is 5.98. The molecule has 2 amide bonds. The molecule has 2 rings (SSSR count). The van der Waals surface area contributed by atoms with Gasteiger partial charge in [0.2, 0.25) is 0 Å². The molecule has 1 aromatic heterocycles. The van der Waals surface area contributed by atoms with Crippen LogP contribution in [0.1, 0.15) is 32.0 Å². The fourth-order valence-corrected chi connectivity index (χ4v) is 1.94. The number of pyridine rings is 1.